The lowest BCUT2D eigenvalue weighted by Crippen LogP contribution is -2.59. The molecule has 2 atom stereocenters. The van der Waals surface area contributed by atoms with Crippen LogP contribution in [0, 0.1) is 0 Å². The molecular formula is C13H23N3O5. The first kappa shape index (κ1) is 17.2. The van der Waals surface area contributed by atoms with Gasteiger partial charge in [-0.3, -0.25) is 14.6 Å². The molecule has 3 N–H and O–H groups in total. The quantitative estimate of drug-likeness (QED) is 0.700. The molecule has 0 aromatic heterocycles. The van der Waals surface area contributed by atoms with Crippen molar-refractivity contribution in [3.05, 3.63) is 0 Å². The molecule has 0 aromatic carbocycles. The number of carbonyl (C=O) groups excluding carboxylic acids is 2. The van der Waals surface area contributed by atoms with Gasteiger partial charge in [-0.1, -0.05) is 0 Å². The summed E-state index contributed by atoms with van der Waals surface area (Å²) in [5, 5.41) is 12.6. The number of carboxylic acid groups (broad SMARTS) is 1. The molecule has 1 aliphatic heterocycles. The second-order valence-corrected chi connectivity index (χ2v) is 6.02. The molecule has 0 bridgehead atoms. The molecule has 1 rings (SSSR count). The van der Waals surface area contributed by atoms with Gasteiger partial charge >= 0.3 is 12.1 Å². The molecule has 120 valence electrons. The Labute approximate surface area is 123 Å². The average Bonchev–Trinajstić information content (AvgIpc) is 2.35. The van der Waals surface area contributed by atoms with Crippen LogP contribution in [0.5, 0.6) is 0 Å². The maximum atomic E-state index is 12.2. The fourth-order valence-corrected chi connectivity index (χ4v) is 1.90. The molecule has 1 aliphatic rings. The first-order valence-electron chi connectivity index (χ1n) is 6.90. The van der Waals surface area contributed by atoms with E-state index in [9.17, 15) is 14.4 Å². The smallest absolute Gasteiger partial charge is 0.408 e. The monoisotopic (exact) mass is 301 g/mol. The van der Waals surface area contributed by atoms with E-state index in [0.29, 0.717) is 19.4 Å². The lowest BCUT2D eigenvalue weighted by atomic mass is 10.1. The first-order valence-corrected chi connectivity index (χ1v) is 6.90. The van der Waals surface area contributed by atoms with Crippen LogP contribution < -0.4 is 10.7 Å². The van der Waals surface area contributed by atoms with Gasteiger partial charge in [-0.05, 0) is 40.5 Å². The zero-order valence-electron chi connectivity index (χ0n) is 12.8. The highest BCUT2D eigenvalue weighted by Crippen LogP contribution is 2.10. The van der Waals surface area contributed by atoms with E-state index >= 15 is 0 Å². The van der Waals surface area contributed by atoms with E-state index in [0.717, 1.165) is 0 Å². The van der Waals surface area contributed by atoms with Crippen LogP contribution in [0.25, 0.3) is 0 Å². The van der Waals surface area contributed by atoms with Crippen LogP contribution in [-0.4, -0.2) is 52.3 Å². The minimum Gasteiger partial charge on any atom is -0.480 e. The molecule has 2 unspecified atom stereocenters. The Balaban J connectivity index is 2.54. The fourth-order valence-electron chi connectivity index (χ4n) is 1.90. The second kappa shape index (κ2) is 6.75. The van der Waals surface area contributed by atoms with Crippen molar-refractivity contribution in [2.24, 2.45) is 0 Å². The topological polar surface area (TPSA) is 108 Å². The molecule has 21 heavy (non-hydrogen) atoms. The number of carbonyl (C=O) groups is 3. The van der Waals surface area contributed by atoms with Gasteiger partial charge in [-0.25, -0.2) is 10.2 Å². The predicted octanol–water partition coefficient (Wildman–Crippen LogP) is 0.480. The van der Waals surface area contributed by atoms with E-state index in [1.807, 2.05) is 0 Å². The standard InChI is InChI=1S/C13H23N3O5/c1-8(14-12(20)21-13(2,3)4)10(17)16-7-5-6-9(15-16)11(18)19/h8-9,15H,5-7H2,1-4H3,(H,14,20)(H,18,19). The van der Waals surface area contributed by atoms with Gasteiger partial charge in [0.1, 0.15) is 17.7 Å². The lowest BCUT2D eigenvalue weighted by molar-refractivity contribution is -0.147. The molecule has 0 radical (unpaired) electrons. The summed E-state index contributed by atoms with van der Waals surface area (Å²) in [5.74, 6) is -1.40. The van der Waals surface area contributed by atoms with Gasteiger partial charge in [-0.2, -0.15) is 0 Å². The number of hydrogen-bond acceptors (Lipinski definition) is 5. The molecule has 1 saturated heterocycles. The SMILES string of the molecule is CC(NC(=O)OC(C)(C)C)C(=O)N1CCCC(C(=O)O)N1. The van der Waals surface area contributed by atoms with Crippen molar-refractivity contribution in [2.45, 2.75) is 58.2 Å². The lowest BCUT2D eigenvalue weighted by Gasteiger charge is -2.33. The Morgan fingerprint density at radius 1 is 1.38 bits per heavy atom. The maximum Gasteiger partial charge on any atom is 0.408 e. The Hall–Kier alpha value is -1.83. The van der Waals surface area contributed by atoms with E-state index in [1.54, 1.807) is 20.8 Å². The third-order valence-corrected chi connectivity index (χ3v) is 2.85. The maximum absolute atomic E-state index is 12.2. The van der Waals surface area contributed by atoms with Crippen LogP contribution in [0.4, 0.5) is 4.79 Å². The van der Waals surface area contributed by atoms with Crippen molar-refractivity contribution in [1.29, 1.82) is 0 Å². The number of ether oxygens (including phenoxy) is 1. The molecule has 0 aromatic rings. The molecule has 8 nitrogen and oxygen atoms in total. The Morgan fingerprint density at radius 3 is 2.52 bits per heavy atom. The molecule has 8 heteroatoms. The van der Waals surface area contributed by atoms with Gasteiger partial charge in [0, 0.05) is 6.54 Å². The highest BCUT2D eigenvalue weighted by molar-refractivity contribution is 5.85. The van der Waals surface area contributed by atoms with Crippen molar-refractivity contribution in [1.82, 2.24) is 15.8 Å². The summed E-state index contributed by atoms with van der Waals surface area (Å²) in [6.07, 6.45) is 0.372. The summed E-state index contributed by atoms with van der Waals surface area (Å²) in [7, 11) is 0. The normalized spacial score (nSPS) is 20.6. The molecule has 0 aliphatic carbocycles. The molecule has 1 fully saturated rings. The predicted molar refractivity (Wildman–Crippen MR) is 74.3 cm³/mol. The summed E-state index contributed by atoms with van der Waals surface area (Å²) in [4.78, 5) is 34.7. The second-order valence-electron chi connectivity index (χ2n) is 6.02. The summed E-state index contributed by atoms with van der Waals surface area (Å²) in [6, 6.07) is -1.59. The van der Waals surface area contributed by atoms with Crippen molar-refractivity contribution in [3.63, 3.8) is 0 Å². The summed E-state index contributed by atoms with van der Waals surface area (Å²) >= 11 is 0. The number of hydrazine groups is 1. The number of nitrogens with zero attached hydrogens (tertiary/aromatic N) is 1. The largest absolute Gasteiger partial charge is 0.480 e. The zero-order valence-corrected chi connectivity index (χ0v) is 12.8. The average molecular weight is 301 g/mol. The number of alkyl carbamates (subject to hydrolysis) is 1. The molecule has 2 amide bonds. The van der Waals surface area contributed by atoms with Crippen LogP contribution in [0.3, 0.4) is 0 Å². The number of carboxylic acids is 1. The van der Waals surface area contributed by atoms with Crippen molar-refractivity contribution in [2.75, 3.05) is 6.54 Å². The Kier molecular flexibility index (Phi) is 5.54. The first-order chi connectivity index (χ1) is 9.60. The van der Waals surface area contributed by atoms with Crippen LogP contribution in [0.15, 0.2) is 0 Å². The van der Waals surface area contributed by atoms with E-state index in [4.69, 9.17) is 9.84 Å². The highest BCUT2D eigenvalue weighted by atomic mass is 16.6. The van der Waals surface area contributed by atoms with E-state index in [1.165, 1.54) is 11.9 Å². The third kappa shape index (κ3) is 5.58. The van der Waals surface area contributed by atoms with Crippen LogP contribution in [0.2, 0.25) is 0 Å². The van der Waals surface area contributed by atoms with E-state index in [2.05, 4.69) is 10.7 Å². The molecule has 1 heterocycles. The van der Waals surface area contributed by atoms with Gasteiger partial charge in [-0.15, -0.1) is 0 Å². The zero-order chi connectivity index (χ0) is 16.2. The van der Waals surface area contributed by atoms with Crippen molar-refractivity contribution in [3.8, 4) is 0 Å². The molecular weight excluding hydrogens is 278 g/mol. The van der Waals surface area contributed by atoms with Gasteiger partial charge in [0.15, 0.2) is 0 Å². The fraction of sp³-hybridized carbons (Fsp3) is 0.769. The van der Waals surface area contributed by atoms with Crippen LogP contribution in [0.1, 0.15) is 40.5 Å². The van der Waals surface area contributed by atoms with E-state index < -0.39 is 35.7 Å². The summed E-state index contributed by atoms with van der Waals surface area (Å²) < 4.78 is 5.07. The minimum absolute atomic E-state index is 0.396. The number of rotatable bonds is 3. The number of nitrogens with one attached hydrogen (secondary N) is 2. The number of amides is 2. The van der Waals surface area contributed by atoms with Gasteiger partial charge in [0.05, 0.1) is 0 Å². The van der Waals surface area contributed by atoms with Gasteiger partial charge in [0.2, 0.25) is 0 Å². The van der Waals surface area contributed by atoms with Crippen molar-refractivity contribution >= 4 is 18.0 Å². The van der Waals surface area contributed by atoms with Crippen LogP contribution in [-0.2, 0) is 14.3 Å². The van der Waals surface area contributed by atoms with Crippen molar-refractivity contribution < 1.29 is 24.2 Å². The van der Waals surface area contributed by atoms with Crippen LogP contribution >= 0.6 is 0 Å². The molecule has 0 saturated carbocycles. The van der Waals surface area contributed by atoms with Gasteiger partial charge < -0.3 is 15.2 Å². The van der Waals surface area contributed by atoms with E-state index in [-0.39, 0.29) is 0 Å². The molecule has 0 spiro atoms. The van der Waals surface area contributed by atoms with Gasteiger partial charge in [0.25, 0.3) is 5.91 Å². The highest BCUT2D eigenvalue weighted by Gasteiger charge is 2.30. The third-order valence-electron chi connectivity index (χ3n) is 2.85. The summed E-state index contributed by atoms with van der Waals surface area (Å²) in [6.45, 7) is 7.11. The minimum atomic E-state index is -1.000. The summed E-state index contributed by atoms with van der Waals surface area (Å²) in [5.41, 5.74) is 2.00. The number of aliphatic carboxylic acids is 1. The Morgan fingerprint density at radius 2 is 2.00 bits per heavy atom. The Bertz CT molecular complexity index is 419. The number of hydrogen-bond donors (Lipinski definition) is 3.